The molecule has 3 aliphatic rings. The standard InChI is InChI=1S/C12H22O2S/c1-11(2)9-4-5-12(7-13,10(11)6-9)14-8-15-3/h9-10,13H,4-8H2,1-3H3/t9-,10+,12+/m0/s1. The Balaban J connectivity index is 2.11. The molecule has 0 aliphatic heterocycles. The Morgan fingerprint density at radius 1 is 1.47 bits per heavy atom. The second kappa shape index (κ2) is 3.94. The Kier molecular flexibility index (Phi) is 3.08. The monoisotopic (exact) mass is 230 g/mol. The van der Waals surface area contributed by atoms with Gasteiger partial charge in [0.1, 0.15) is 0 Å². The van der Waals surface area contributed by atoms with E-state index in [9.17, 15) is 5.11 Å². The molecule has 0 saturated heterocycles. The maximum Gasteiger partial charge on any atom is 0.0956 e. The first kappa shape index (κ1) is 11.7. The van der Waals surface area contributed by atoms with Crippen LogP contribution < -0.4 is 0 Å². The number of ether oxygens (including phenoxy) is 1. The van der Waals surface area contributed by atoms with Crippen molar-refractivity contribution >= 4 is 11.8 Å². The summed E-state index contributed by atoms with van der Waals surface area (Å²) in [5, 5.41) is 9.66. The van der Waals surface area contributed by atoms with Gasteiger partial charge >= 0.3 is 0 Å². The van der Waals surface area contributed by atoms with E-state index in [1.165, 1.54) is 12.8 Å². The van der Waals surface area contributed by atoms with Gasteiger partial charge in [0.2, 0.25) is 0 Å². The zero-order chi connectivity index (χ0) is 11.1. The first-order valence-electron chi connectivity index (χ1n) is 5.80. The number of thioether (sulfide) groups is 1. The highest BCUT2D eigenvalue weighted by atomic mass is 32.2. The Morgan fingerprint density at radius 3 is 2.67 bits per heavy atom. The Hall–Kier alpha value is 0.270. The lowest BCUT2D eigenvalue weighted by atomic mass is 9.44. The van der Waals surface area contributed by atoms with Gasteiger partial charge in [-0.3, -0.25) is 0 Å². The van der Waals surface area contributed by atoms with Crippen LogP contribution in [-0.4, -0.2) is 29.5 Å². The summed E-state index contributed by atoms with van der Waals surface area (Å²) in [7, 11) is 0. The fraction of sp³-hybridized carbons (Fsp3) is 1.00. The van der Waals surface area contributed by atoms with Gasteiger partial charge in [0.05, 0.1) is 18.1 Å². The average molecular weight is 230 g/mol. The minimum Gasteiger partial charge on any atom is -0.393 e. The van der Waals surface area contributed by atoms with Crippen molar-refractivity contribution in [2.45, 2.75) is 38.7 Å². The van der Waals surface area contributed by atoms with Crippen molar-refractivity contribution in [3.8, 4) is 0 Å². The fourth-order valence-corrected chi connectivity index (χ4v) is 3.93. The number of aliphatic hydroxyl groups is 1. The molecule has 0 unspecified atom stereocenters. The Bertz CT molecular complexity index is 240. The van der Waals surface area contributed by atoms with Crippen LogP contribution in [0.25, 0.3) is 0 Å². The minimum absolute atomic E-state index is 0.189. The molecule has 0 aromatic heterocycles. The molecule has 3 aliphatic carbocycles. The summed E-state index contributed by atoms with van der Waals surface area (Å²) < 4.78 is 5.97. The SMILES string of the molecule is CSCO[C@@]1(CO)CC[C@H]2C[C@@H]1C2(C)C. The van der Waals surface area contributed by atoms with Crippen molar-refractivity contribution in [3.63, 3.8) is 0 Å². The predicted octanol–water partition coefficient (Wildman–Crippen LogP) is 2.51. The van der Waals surface area contributed by atoms with Crippen molar-refractivity contribution in [1.82, 2.24) is 0 Å². The van der Waals surface area contributed by atoms with Crippen LogP contribution in [-0.2, 0) is 4.74 Å². The number of fused-ring (bicyclic) bond motifs is 2. The van der Waals surface area contributed by atoms with E-state index in [2.05, 4.69) is 13.8 Å². The lowest BCUT2D eigenvalue weighted by molar-refractivity contribution is -0.231. The zero-order valence-corrected chi connectivity index (χ0v) is 10.8. The summed E-state index contributed by atoms with van der Waals surface area (Å²) in [4.78, 5) is 0. The van der Waals surface area contributed by atoms with E-state index in [4.69, 9.17) is 4.74 Å². The van der Waals surface area contributed by atoms with Gasteiger partial charge in [-0.15, -0.1) is 11.8 Å². The summed E-state index contributed by atoms with van der Waals surface area (Å²) in [6.45, 7) is 4.85. The summed E-state index contributed by atoms with van der Waals surface area (Å²) >= 11 is 1.70. The topological polar surface area (TPSA) is 29.5 Å². The summed E-state index contributed by atoms with van der Waals surface area (Å²) in [6, 6.07) is 0. The van der Waals surface area contributed by atoms with Gasteiger partial charge in [-0.1, -0.05) is 13.8 Å². The van der Waals surface area contributed by atoms with Gasteiger partial charge in [0, 0.05) is 0 Å². The molecule has 0 aromatic rings. The van der Waals surface area contributed by atoms with Crippen LogP contribution in [0.4, 0.5) is 0 Å². The molecule has 3 fully saturated rings. The maximum absolute atomic E-state index is 9.66. The molecule has 0 radical (unpaired) electrons. The molecule has 0 spiro atoms. The Labute approximate surface area is 96.8 Å². The summed E-state index contributed by atoms with van der Waals surface area (Å²) in [5.74, 6) is 2.12. The highest BCUT2D eigenvalue weighted by Gasteiger charge is 2.61. The first-order valence-corrected chi connectivity index (χ1v) is 7.20. The maximum atomic E-state index is 9.66. The molecule has 3 heteroatoms. The van der Waals surface area contributed by atoms with E-state index in [1.54, 1.807) is 11.8 Å². The molecule has 3 rings (SSSR count). The van der Waals surface area contributed by atoms with Gasteiger partial charge in [0.25, 0.3) is 0 Å². The minimum atomic E-state index is -0.235. The van der Waals surface area contributed by atoms with Crippen molar-refractivity contribution in [2.75, 3.05) is 18.8 Å². The Morgan fingerprint density at radius 2 is 2.20 bits per heavy atom. The first-order chi connectivity index (χ1) is 7.07. The number of rotatable bonds is 4. The third-order valence-corrected chi connectivity index (χ3v) is 5.11. The molecule has 0 aromatic carbocycles. The van der Waals surface area contributed by atoms with Crippen molar-refractivity contribution in [2.24, 2.45) is 17.3 Å². The van der Waals surface area contributed by atoms with E-state index in [0.29, 0.717) is 17.3 Å². The molecule has 2 nitrogen and oxygen atoms in total. The third kappa shape index (κ3) is 1.63. The molecule has 3 atom stereocenters. The van der Waals surface area contributed by atoms with E-state index >= 15 is 0 Å². The van der Waals surface area contributed by atoms with Gasteiger partial charge in [-0.05, 0) is 42.8 Å². The van der Waals surface area contributed by atoms with Crippen molar-refractivity contribution in [3.05, 3.63) is 0 Å². The normalized spacial score (nSPS) is 42.4. The van der Waals surface area contributed by atoms with Gasteiger partial charge in [0.15, 0.2) is 0 Å². The molecule has 3 saturated carbocycles. The third-order valence-electron chi connectivity index (χ3n) is 4.75. The van der Waals surface area contributed by atoms with Gasteiger partial charge in [-0.2, -0.15) is 0 Å². The van der Waals surface area contributed by atoms with E-state index in [1.807, 2.05) is 6.26 Å². The highest BCUT2D eigenvalue weighted by molar-refractivity contribution is 7.98. The summed E-state index contributed by atoms with van der Waals surface area (Å²) in [5.41, 5.74) is 0.140. The number of hydrogen-bond acceptors (Lipinski definition) is 3. The molecule has 0 heterocycles. The van der Waals surface area contributed by atoms with Crippen LogP contribution in [0, 0.1) is 17.3 Å². The fourth-order valence-electron chi connectivity index (χ4n) is 3.58. The average Bonchev–Trinajstić information content (AvgIpc) is 2.26. The van der Waals surface area contributed by atoms with Crippen LogP contribution in [0.2, 0.25) is 0 Å². The van der Waals surface area contributed by atoms with Crippen molar-refractivity contribution in [1.29, 1.82) is 0 Å². The van der Waals surface area contributed by atoms with Crippen LogP contribution >= 0.6 is 11.8 Å². The van der Waals surface area contributed by atoms with Crippen LogP contribution in [0.15, 0.2) is 0 Å². The van der Waals surface area contributed by atoms with Crippen LogP contribution in [0.5, 0.6) is 0 Å². The predicted molar refractivity (Wildman–Crippen MR) is 63.9 cm³/mol. The van der Waals surface area contributed by atoms with E-state index < -0.39 is 0 Å². The lowest BCUT2D eigenvalue weighted by Gasteiger charge is -2.64. The molecule has 15 heavy (non-hydrogen) atoms. The molecule has 1 N–H and O–H groups in total. The smallest absolute Gasteiger partial charge is 0.0956 e. The molecule has 2 bridgehead atoms. The van der Waals surface area contributed by atoms with Gasteiger partial charge in [-0.25, -0.2) is 0 Å². The van der Waals surface area contributed by atoms with E-state index in [0.717, 1.165) is 12.3 Å². The number of aliphatic hydroxyl groups excluding tert-OH is 1. The quantitative estimate of drug-likeness (QED) is 0.753. The number of hydrogen-bond donors (Lipinski definition) is 1. The summed E-state index contributed by atoms with van der Waals surface area (Å²) in [6.07, 6.45) is 5.56. The second-order valence-corrected chi connectivity index (χ2v) is 6.43. The second-order valence-electron chi connectivity index (χ2n) is 5.62. The molecule has 0 amide bonds. The van der Waals surface area contributed by atoms with Crippen molar-refractivity contribution < 1.29 is 9.84 Å². The molecular weight excluding hydrogens is 208 g/mol. The van der Waals surface area contributed by atoms with Crippen LogP contribution in [0.3, 0.4) is 0 Å². The van der Waals surface area contributed by atoms with E-state index in [-0.39, 0.29) is 12.2 Å². The lowest BCUT2D eigenvalue weighted by Crippen LogP contribution is -2.63. The largest absolute Gasteiger partial charge is 0.393 e. The van der Waals surface area contributed by atoms with Crippen LogP contribution in [0.1, 0.15) is 33.1 Å². The molecule has 88 valence electrons. The zero-order valence-electron chi connectivity index (χ0n) is 9.95. The molecular formula is C12H22O2S. The highest BCUT2D eigenvalue weighted by Crippen LogP contribution is 2.63. The van der Waals surface area contributed by atoms with Gasteiger partial charge < -0.3 is 9.84 Å².